The van der Waals surface area contributed by atoms with Gasteiger partial charge in [0.1, 0.15) is 0 Å². The molecule has 3 aromatic rings. The monoisotopic (exact) mass is 467 g/mol. The van der Waals surface area contributed by atoms with Crippen LogP contribution in [0, 0.1) is 10.1 Å². The predicted octanol–water partition coefficient (Wildman–Crippen LogP) is 3.90. The smallest absolute Gasteiger partial charge is 0.269 e. The minimum absolute atomic E-state index is 0.0925. The zero-order valence-electron chi connectivity index (χ0n) is 17.8. The van der Waals surface area contributed by atoms with Crippen LogP contribution in [0.3, 0.4) is 0 Å². The number of nitrogens with one attached hydrogen (secondary N) is 1. The summed E-state index contributed by atoms with van der Waals surface area (Å²) in [5.41, 5.74) is 4.46. The second-order valence-corrected chi connectivity index (χ2v) is 8.99. The maximum absolute atomic E-state index is 13.5. The predicted molar refractivity (Wildman–Crippen MR) is 122 cm³/mol. The molecule has 4 rings (SSSR count). The molecule has 0 radical (unpaired) electrons. The van der Waals surface area contributed by atoms with E-state index < -0.39 is 21.0 Å². The van der Waals surface area contributed by atoms with E-state index in [0.717, 1.165) is 4.41 Å². The molecular formula is C23H21N3O6S. The van der Waals surface area contributed by atoms with E-state index in [4.69, 9.17) is 9.47 Å². The number of nitrogens with zero attached hydrogens (tertiary/aromatic N) is 2. The highest BCUT2D eigenvalue weighted by Crippen LogP contribution is 2.38. The van der Waals surface area contributed by atoms with Crippen LogP contribution in [0.2, 0.25) is 0 Å². The van der Waals surface area contributed by atoms with Crippen molar-refractivity contribution in [1.82, 2.24) is 9.84 Å². The van der Waals surface area contributed by atoms with Gasteiger partial charge in [-0.3, -0.25) is 10.1 Å². The van der Waals surface area contributed by atoms with Crippen LogP contribution in [0.25, 0.3) is 5.70 Å². The second-order valence-electron chi connectivity index (χ2n) is 7.17. The molecule has 1 heterocycles. The fourth-order valence-electron chi connectivity index (χ4n) is 3.59. The van der Waals surface area contributed by atoms with E-state index in [0.29, 0.717) is 28.3 Å². The average Bonchev–Trinajstić information content (AvgIpc) is 3.31. The van der Waals surface area contributed by atoms with E-state index in [1.54, 1.807) is 48.5 Å². The summed E-state index contributed by atoms with van der Waals surface area (Å²) in [7, 11) is -0.959. The minimum atomic E-state index is -3.99. The summed E-state index contributed by atoms with van der Waals surface area (Å²) in [4.78, 5) is 10.9. The lowest BCUT2D eigenvalue weighted by Crippen LogP contribution is -2.39. The summed E-state index contributed by atoms with van der Waals surface area (Å²) >= 11 is 0. The third kappa shape index (κ3) is 4.26. The van der Waals surface area contributed by atoms with Crippen molar-refractivity contribution in [3.63, 3.8) is 0 Å². The topological polar surface area (TPSA) is 111 Å². The van der Waals surface area contributed by atoms with E-state index in [-0.39, 0.29) is 10.6 Å². The van der Waals surface area contributed by atoms with Gasteiger partial charge in [-0.15, -0.1) is 4.41 Å². The van der Waals surface area contributed by atoms with Crippen LogP contribution >= 0.6 is 0 Å². The van der Waals surface area contributed by atoms with Crippen LogP contribution in [0.1, 0.15) is 17.2 Å². The minimum Gasteiger partial charge on any atom is -0.493 e. The Bertz CT molecular complexity index is 1330. The van der Waals surface area contributed by atoms with Crippen LogP contribution in [0.15, 0.2) is 83.8 Å². The Hall–Kier alpha value is -3.89. The summed E-state index contributed by atoms with van der Waals surface area (Å²) in [6.45, 7) is 0. The Morgan fingerprint density at radius 1 is 0.939 bits per heavy atom. The Balaban J connectivity index is 1.82. The fourth-order valence-corrected chi connectivity index (χ4v) is 5.01. The van der Waals surface area contributed by atoms with Gasteiger partial charge >= 0.3 is 0 Å². The van der Waals surface area contributed by atoms with Gasteiger partial charge in [0.05, 0.1) is 35.8 Å². The highest BCUT2D eigenvalue weighted by atomic mass is 32.2. The van der Waals surface area contributed by atoms with E-state index in [1.807, 2.05) is 0 Å². The van der Waals surface area contributed by atoms with E-state index >= 15 is 0 Å². The molecule has 0 fully saturated rings. The number of rotatable bonds is 7. The molecule has 1 aliphatic rings. The van der Waals surface area contributed by atoms with Gasteiger partial charge in [-0.25, -0.2) is 8.42 Å². The highest BCUT2D eigenvalue weighted by molar-refractivity contribution is 7.89. The quantitative estimate of drug-likeness (QED) is 0.414. The van der Waals surface area contributed by atoms with Crippen molar-refractivity contribution in [2.24, 2.45) is 0 Å². The molecule has 3 aromatic carbocycles. The van der Waals surface area contributed by atoms with Crippen LogP contribution in [0.5, 0.6) is 11.5 Å². The largest absolute Gasteiger partial charge is 0.493 e. The van der Waals surface area contributed by atoms with Gasteiger partial charge < -0.3 is 14.9 Å². The molecule has 0 aromatic heterocycles. The number of non-ortho nitro benzene ring substituents is 1. The highest BCUT2D eigenvalue weighted by Gasteiger charge is 2.37. The molecule has 0 bridgehead atoms. The SMILES string of the molecule is COc1ccc(C2=CC(c3cccc([N+](=O)[O-])c3)N(S(=O)(=O)c3ccccc3)N2)cc1OC. The van der Waals surface area contributed by atoms with Gasteiger partial charge in [-0.05, 0) is 42.0 Å². The number of methoxy groups -OCH3 is 2. The van der Waals surface area contributed by atoms with E-state index in [9.17, 15) is 18.5 Å². The molecular weight excluding hydrogens is 446 g/mol. The second kappa shape index (κ2) is 8.93. The van der Waals surface area contributed by atoms with Crippen LogP contribution in [0.4, 0.5) is 5.69 Å². The number of hydrogen-bond acceptors (Lipinski definition) is 7. The van der Waals surface area contributed by atoms with Crippen molar-refractivity contribution < 1.29 is 22.8 Å². The molecule has 170 valence electrons. The Morgan fingerprint density at radius 3 is 2.33 bits per heavy atom. The van der Waals surface area contributed by atoms with Gasteiger partial charge in [-0.2, -0.15) is 0 Å². The van der Waals surface area contributed by atoms with Gasteiger partial charge in [0.15, 0.2) is 11.5 Å². The first kappa shape index (κ1) is 22.3. The van der Waals surface area contributed by atoms with Crippen LogP contribution < -0.4 is 14.9 Å². The van der Waals surface area contributed by atoms with Crippen LogP contribution in [-0.2, 0) is 10.0 Å². The summed E-state index contributed by atoms with van der Waals surface area (Å²) < 4.78 is 38.7. The summed E-state index contributed by atoms with van der Waals surface area (Å²) in [5.74, 6) is 1.01. The molecule has 9 nitrogen and oxygen atoms in total. The van der Waals surface area contributed by atoms with Crippen molar-refractivity contribution in [2.75, 3.05) is 14.2 Å². The number of benzene rings is 3. The summed E-state index contributed by atoms with van der Waals surface area (Å²) in [6.07, 6.45) is 1.71. The fraction of sp³-hybridized carbons (Fsp3) is 0.130. The van der Waals surface area contributed by atoms with Gasteiger partial charge in [0.2, 0.25) is 0 Å². The molecule has 0 spiro atoms. The van der Waals surface area contributed by atoms with Crippen LogP contribution in [-0.4, -0.2) is 32.0 Å². The third-order valence-electron chi connectivity index (χ3n) is 5.22. The first-order valence-electron chi connectivity index (χ1n) is 9.90. The van der Waals surface area contributed by atoms with Crippen molar-refractivity contribution in [2.45, 2.75) is 10.9 Å². The van der Waals surface area contributed by atoms with Gasteiger partial charge in [-0.1, -0.05) is 30.3 Å². The van der Waals surface area contributed by atoms with Gasteiger partial charge in [0.25, 0.3) is 15.7 Å². The number of ether oxygens (including phenoxy) is 2. The lowest BCUT2D eigenvalue weighted by Gasteiger charge is -2.25. The Morgan fingerprint density at radius 2 is 1.67 bits per heavy atom. The van der Waals surface area contributed by atoms with Crippen molar-refractivity contribution in [1.29, 1.82) is 0 Å². The molecule has 33 heavy (non-hydrogen) atoms. The lowest BCUT2D eigenvalue weighted by atomic mass is 10.0. The first-order valence-corrected chi connectivity index (χ1v) is 11.3. The summed E-state index contributed by atoms with van der Waals surface area (Å²) in [6, 6.07) is 18.3. The number of sulfonamides is 1. The van der Waals surface area contributed by atoms with E-state index in [2.05, 4.69) is 5.43 Å². The standard InChI is InChI=1S/C23H21N3O6S/c1-31-22-12-11-16(14-23(22)32-2)20-15-21(17-7-6-8-18(13-17)26(27)28)25(24-20)33(29,30)19-9-4-3-5-10-19/h3-15,21,24H,1-2H3. The maximum atomic E-state index is 13.5. The third-order valence-corrected chi connectivity index (χ3v) is 6.93. The van der Waals surface area contributed by atoms with Gasteiger partial charge in [0, 0.05) is 17.7 Å². The number of hydrazine groups is 1. The zero-order valence-corrected chi connectivity index (χ0v) is 18.7. The molecule has 1 N–H and O–H groups in total. The molecule has 0 aliphatic carbocycles. The normalized spacial score (nSPS) is 16.1. The Labute approximate surface area is 191 Å². The number of nitro benzene ring substituents is 1. The molecule has 1 aliphatic heterocycles. The lowest BCUT2D eigenvalue weighted by molar-refractivity contribution is -0.384. The summed E-state index contributed by atoms with van der Waals surface area (Å²) in [5, 5.41) is 11.3. The molecule has 0 saturated heterocycles. The molecule has 1 atom stereocenters. The number of nitro groups is 1. The Kier molecular flexibility index (Phi) is 6.03. The van der Waals surface area contributed by atoms with Crippen molar-refractivity contribution >= 4 is 21.4 Å². The first-order chi connectivity index (χ1) is 15.8. The van der Waals surface area contributed by atoms with E-state index in [1.165, 1.54) is 44.6 Å². The molecule has 0 saturated carbocycles. The maximum Gasteiger partial charge on any atom is 0.269 e. The molecule has 1 unspecified atom stereocenters. The number of hydrogen-bond donors (Lipinski definition) is 1. The van der Waals surface area contributed by atoms with Crippen molar-refractivity contribution in [3.8, 4) is 11.5 Å². The molecule has 0 amide bonds. The van der Waals surface area contributed by atoms with Crippen molar-refractivity contribution in [3.05, 3.63) is 100 Å². The average molecular weight is 468 g/mol. The zero-order chi connectivity index (χ0) is 23.6. The molecule has 10 heteroatoms.